The molecule has 0 bridgehead atoms. The summed E-state index contributed by atoms with van der Waals surface area (Å²) < 4.78 is 0. The van der Waals surface area contributed by atoms with Crippen LogP contribution in [0.1, 0.15) is 37.4 Å². The number of aryl methyl sites for hydroxylation is 1. The number of nitrogens with zero attached hydrogens (tertiary/aromatic N) is 1. The molecule has 19 heavy (non-hydrogen) atoms. The normalized spacial score (nSPS) is 21.2. The van der Waals surface area contributed by atoms with Crippen LogP contribution >= 0.6 is 0 Å². The molecule has 2 rings (SSSR count). The fourth-order valence-electron chi connectivity index (χ4n) is 2.76. The predicted molar refractivity (Wildman–Crippen MR) is 77.6 cm³/mol. The number of hydrogen-bond donors (Lipinski definition) is 1. The van der Waals surface area contributed by atoms with Crippen LogP contribution in [0.3, 0.4) is 0 Å². The molecule has 2 atom stereocenters. The fourth-order valence-corrected chi connectivity index (χ4v) is 2.76. The number of nitrogens with two attached hydrogens (primary N) is 1. The molecule has 1 aromatic carbocycles. The second-order valence-corrected chi connectivity index (χ2v) is 5.97. The summed E-state index contributed by atoms with van der Waals surface area (Å²) in [6, 6.07) is 8.06. The molecule has 0 aliphatic carbocycles. The summed E-state index contributed by atoms with van der Waals surface area (Å²) in [6.07, 6.45) is 0.679. The van der Waals surface area contributed by atoms with E-state index in [2.05, 4.69) is 32.9 Å². The van der Waals surface area contributed by atoms with Crippen molar-refractivity contribution in [3.8, 4) is 0 Å². The van der Waals surface area contributed by atoms with Crippen molar-refractivity contribution in [2.75, 3.05) is 13.1 Å². The van der Waals surface area contributed by atoms with Crippen molar-refractivity contribution in [2.45, 2.75) is 33.2 Å². The van der Waals surface area contributed by atoms with Crippen molar-refractivity contribution in [3.63, 3.8) is 0 Å². The van der Waals surface area contributed by atoms with Gasteiger partial charge in [-0.1, -0.05) is 38.1 Å². The fraction of sp³-hybridized carbons (Fsp3) is 0.562. The first kappa shape index (κ1) is 14.1. The average molecular weight is 260 g/mol. The van der Waals surface area contributed by atoms with Gasteiger partial charge in [-0.2, -0.15) is 0 Å². The second kappa shape index (κ2) is 5.74. The van der Waals surface area contributed by atoms with E-state index in [9.17, 15) is 4.79 Å². The summed E-state index contributed by atoms with van der Waals surface area (Å²) >= 11 is 0. The van der Waals surface area contributed by atoms with Gasteiger partial charge in [0.1, 0.15) is 0 Å². The van der Waals surface area contributed by atoms with Crippen LogP contribution in [0.15, 0.2) is 24.3 Å². The van der Waals surface area contributed by atoms with E-state index >= 15 is 0 Å². The monoisotopic (exact) mass is 260 g/mol. The first-order chi connectivity index (χ1) is 8.99. The minimum absolute atomic E-state index is 0.0870. The van der Waals surface area contributed by atoms with E-state index in [0.29, 0.717) is 24.8 Å². The van der Waals surface area contributed by atoms with Crippen molar-refractivity contribution in [3.05, 3.63) is 35.4 Å². The third-order valence-corrected chi connectivity index (χ3v) is 4.19. The van der Waals surface area contributed by atoms with Gasteiger partial charge in [-0.05, 0) is 29.9 Å². The van der Waals surface area contributed by atoms with Gasteiger partial charge in [-0.25, -0.2) is 0 Å². The number of carbonyl (C=O) groups is 1. The molecule has 3 heteroatoms. The molecule has 0 saturated carbocycles. The Balaban J connectivity index is 2.02. The zero-order valence-electron chi connectivity index (χ0n) is 12.1. The van der Waals surface area contributed by atoms with Gasteiger partial charge in [0.2, 0.25) is 5.91 Å². The third-order valence-electron chi connectivity index (χ3n) is 4.19. The Kier molecular flexibility index (Phi) is 4.25. The van der Waals surface area contributed by atoms with E-state index in [0.717, 1.165) is 12.1 Å². The lowest BCUT2D eigenvalue weighted by molar-refractivity contribution is -0.128. The molecule has 1 aromatic rings. The third kappa shape index (κ3) is 3.16. The molecule has 1 amide bonds. The topological polar surface area (TPSA) is 46.3 Å². The molecule has 1 aliphatic rings. The van der Waals surface area contributed by atoms with Crippen LogP contribution in [0, 0.1) is 18.8 Å². The van der Waals surface area contributed by atoms with Crippen molar-refractivity contribution in [1.29, 1.82) is 0 Å². The molecule has 1 heterocycles. The number of rotatable bonds is 4. The number of benzene rings is 1. The first-order valence-electron chi connectivity index (χ1n) is 7.08. The number of likely N-dealkylation sites (tertiary alicyclic amines) is 1. The zero-order valence-corrected chi connectivity index (χ0v) is 12.1. The lowest BCUT2D eigenvalue weighted by Gasteiger charge is -2.23. The van der Waals surface area contributed by atoms with Gasteiger partial charge in [-0.15, -0.1) is 0 Å². The summed E-state index contributed by atoms with van der Waals surface area (Å²) in [5.74, 6) is 1.29. The van der Waals surface area contributed by atoms with Crippen molar-refractivity contribution in [2.24, 2.45) is 17.6 Å². The van der Waals surface area contributed by atoms with Crippen molar-refractivity contribution >= 4 is 5.91 Å². The Labute approximate surface area is 115 Å². The van der Waals surface area contributed by atoms with E-state index in [1.165, 1.54) is 5.56 Å². The van der Waals surface area contributed by atoms with Crippen LogP contribution in [-0.2, 0) is 4.79 Å². The van der Waals surface area contributed by atoms with E-state index in [1.54, 1.807) is 0 Å². The van der Waals surface area contributed by atoms with Crippen LogP contribution in [-0.4, -0.2) is 23.9 Å². The Morgan fingerprint density at radius 3 is 2.63 bits per heavy atom. The highest BCUT2D eigenvalue weighted by Gasteiger charge is 2.32. The summed E-state index contributed by atoms with van der Waals surface area (Å²) in [4.78, 5) is 13.9. The van der Waals surface area contributed by atoms with Crippen LogP contribution in [0.2, 0.25) is 0 Å². The van der Waals surface area contributed by atoms with E-state index in [4.69, 9.17) is 5.73 Å². The minimum Gasteiger partial charge on any atom is -0.340 e. The van der Waals surface area contributed by atoms with Gasteiger partial charge < -0.3 is 10.6 Å². The largest absolute Gasteiger partial charge is 0.340 e. The molecule has 3 nitrogen and oxygen atoms in total. The molecule has 1 fully saturated rings. The molecule has 104 valence electrons. The lowest BCUT2D eigenvalue weighted by atomic mass is 9.95. The van der Waals surface area contributed by atoms with Crippen LogP contribution in [0.5, 0.6) is 0 Å². The Hall–Kier alpha value is -1.35. The lowest BCUT2D eigenvalue weighted by Crippen LogP contribution is -2.34. The molecule has 1 aliphatic heterocycles. The Bertz CT molecular complexity index is 456. The maximum absolute atomic E-state index is 12.0. The highest BCUT2D eigenvalue weighted by atomic mass is 16.2. The summed E-state index contributed by atoms with van der Waals surface area (Å²) in [5, 5.41) is 0. The molecule has 2 N–H and O–H groups in total. The maximum atomic E-state index is 12.0. The molecule has 0 spiro atoms. The average Bonchev–Trinajstić information content (AvgIpc) is 2.71. The SMILES string of the molecule is Cc1ccccc1C(N)CN1CC(C(C)C)CC1=O. The number of amides is 1. The van der Waals surface area contributed by atoms with Crippen LogP contribution < -0.4 is 5.73 Å². The zero-order chi connectivity index (χ0) is 14.0. The van der Waals surface area contributed by atoms with Gasteiger partial charge in [-0.3, -0.25) is 4.79 Å². The number of hydrogen-bond acceptors (Lipinski definition) is 2. The van der Waals surface area contributed by atoms with Gasteiger partial charge in [0.15, 0.2) is 0 Å². The van der Waals surface area contributed by atoms with Gasteiger partial charge in [0, 0.05) is 25.6 Å². The van der Waals surface area contributed by atoms with Crippen LogP contribution in [0.25, 0.3) is 0 Å². The van der Waals surface area contributed by atoms with E-state index in [1.807, 2.05) is 17.0 Å². The molecular weight excluding hydrogens is 236 g/mol. The van der Waals surface area contributed by atoms with Gasteiger partial charge in [0.05, 0.1) is 0 Å². The molecular formula is C16H24N2O. The molecule has 1 saturated heterocycles. The molecule has 0 aromatic heterocycles. The highest BCUT2D eigenvalue weighted by molar-refractivity contribution is 5.78. The van der Waals surface area contributed by atoms with E-state index < -0.39 is 0 Å². The smallest absolute Gasteiger partial charge is 0.222 e. The van der Waals surface area contributed by atoms with Gasteiger partial charge >= 0.3 is 0 Å². The summed E-state index contributed by atoms with van der Waals surface area (Å²) in [6.45, 7) is 7.92. The Morgan fingerprint density at radius 2 is 2.05 bits per heavy atom. The summed E-state index contributed by atoms with van der Waals surface area (Å²) in [7, 11) is 0. The second-order valence-electron chi connectivity index (χ2n) is 5.97. The maximum Gasteiger partial charge on any atom is 0.222 e. The van der Waals surface area contributed by atoms with Crippen molar-refractivity contribution < 1.29 is 4.79 Å². The van der Waals surface area contributed by atoms with E-state index in [-0.39, 0.29) is 11.9 Å². The molecule has 2 unspecified atom stereocenters. The highest BCUT2D eigenvalue weighted by Crippen LogP contribution is 2.26. The standard InChI is InChI=1S/C16H24N2O/c1-11(2)13-8-16(19)18(9-13)10-15(17)14-7-5-4-6-12(14)3/h4-7,11,13,15H,8-10,17H2,1-3H3. The van der Waals surface area contributed by atoms with Crippen LogP contribution in [0.4, 0.5) is 0 Å². The van der Waals surface area contributed by atoms with Gasteiger partial charge in [0.25, 0.3) is 0 Å². The van der Waals surface area contributed by atoms with Crippen molar-refractivity contribution in [1.82, 2.24) is 4.90 Å². The summed E-state index contributed by atoms with van der Waals surface area (Å²) in [5.41, 5.74) is 8.60. The Morgan fingerprint density at radius 1 is 1.37 bits per heavy atom. The predicted octanol–water partition coefficient (Wildman–Crippen LogP) is 2.50. The molecule has 0 radical (unpaired) electrons. The number of carbonyl (C=O) groups excluding carboxylic acids is 1. The first-order valence-corrected chi connectivity index (χ1v) is 7.08. The quantitative estimate of drug-likeness (QED) is 0.904. The minimum atomic E-state index is -0.0870.